The Morgan fingerprint density at radius 1 is 1.29 bits per heavy atom. The Kier molecular flexibility index (Phi) is 6.07. The quantitative estimate of drug-likeness (QED) is 0.810. The normalized spacial score (nSPS) is 10.2. The van der Waals surface area contributed by atoms with Crippen LogP contribution in [-0.2, 0) is 11.3 Å². The van der Waals surface area contributed by atoms with E-state index in [-0.39, 0.29) is 12.5 Å². The van der Waals surface area contributed by atoms with E-state index in [0.717, 1.165) is 9.35 Å². The van der Waals surface area contributed by atoms with Crippen molar-refractivity contribution in [3.8, 4) is 11.5 Å². The molecule has 1 aromatic carbocycles. The van der Waals surface area contributed by atoms with E-state index < -0.39 is 0 Å². The molecule has 0 spiro atoms. The first-order valence-corrected chi connectivity index (χ1v) is 8.20. The van der Waals surface area contributed by atoms with Gasteiger partial charge in [0.1, 0.15) is 0 Å². The van der Waals surface area contributed by atoms with Gasteiger partial charge in [-0.2, -0.15) is 0 Å². The highest BCUT2D eigenvalue weighted by Crippen LogP contribution is 2.26. The Labute approximate surface area is 136 Å². The maximum absolute atomic E-state index is 11.8. The third kappa shape index (κ3) is 5.06. The second-order valence-corrected chi connectivity index (χ2v) is 6.09. The lowest BCUT2D eigenvalue weighted by molar-refractivity contribution is -0.123. The van der Waals surface area contributed by atoms with Crippen LogP contribution in [0.2, 0.25) is 0 Å². The molecule has 0 bridgehead atoms. The van der Waals surface area contributed by atoms with Gasteiger partial charge in [0.15, 0.2) is 18.1 Å². The maximum Gasteiger partial charge on any atom is 0.258 e. The third-order valence-corrected chi connectivity index (χ3v) is 4.29. The molecule has 0 saturated carbocycles. The number of ether oxygens (including phenoxy) is 2. The summed E-state index contributed by atoms with van der Waals surface area (Å²) < 4.78 is 12.0. The van der Waals surface area contributed by atoms with Gasteiger partial charge >= 0.3 is 0 Å². The van der Waals surface area contributed by atoms with Crippen LogP contribution in [0, 0.1) is 0 Å². The number of carbonyl (C=O) groups is 1. The molecule has 0 fully saturated rings. The van der Waals surface area contributed by atoms with E-state index in [0.29, 0.717) is 24.7 Å². The Morgan fingerprint density at radius 2 is 2.00 bits per heavy atom. The van der Waals surface area contributed by atoms with Gasteiger partial charge in [-0.1, -0.05) is 12.1 Å². The van der Waals surface area contributed by atoms with E-state index in [9.17, 15) is 4.79 Å². The molecule has 0 aliphatic heterocycles. The standard InChI is InChI=1S/C15H16BrNO3S/c1-2-19-13-5-3-4-6-14(13)20-9-15(18)17-8-12-7-11(16)10-21-12/h3-7,10H,2,8-9H2,1H3,(H,17,18). The van der Waals surface area contributed by atoms with Crippen LogP contribution in [0.3, 0.4) is 0 Å². The summed E-state index contributed by atoms with van der Waals surface area (Å²) in [6, 6.07) is 9.30. The highest BCUT2D eigenvalue weighted by molar-refractivity contribution is 9.10. The van der Waals surface area contributed by atoms with E-state index >= 15 is 0 Å². The van der Waals surface area contributed by atoms with Gasteiger partial charge in [-0.3, -0.25) is 4.79 Å². The predicted molar refractivity (Wildman–Crippen MR) is 87.0 cm³/mol. The van der Waals surface area contributed by atoms with Crippen LogP contribution < -0.4 is 14.8 Å². The van der Waals surface area contributed by atoms with Crippen LogP contribution in [0.15, 0.2) is 40.2 Å². The molecule has 1 amide bonds. The fourth-order valence-corrected chi connectivity index (χ4v) is 3.06. The van der Waals surface area contributed by atoms with Gasteiger partial charge < -0.3 is 14.8 Å². The zero-order chi connectivity index (χ0) is 15.1. The molecule has 112 valence electrons. The van der Waals surface area contributed by atoms with Crippen LogP contribution in [0.1, 0.15) is 11.8 Å². The summed E-state index contributed by atoms with van der Waals surface area (Å²) >= 11 is 4.97. The van der Waals surface area contributed by atoms with Crippen molar-refractivity contribution >= 4 is 33.2 Å². The Balaban J connectivity index is 1.81. The van der Waals surface area contributed by atoms with Gasteiger partial charge in [0.05, 0.1) is 13.2 Å². The molecule has 0 saturated heterocycles. The number of nitrogens with one attached hydrogen (secondary N) is 1. The first-order chi connectivity index (χ1) is 10.2. The van der Waals surface area contributed by atoms with Crippen molar-refractivity contribution in [2.45, 2.75) is 13.5 Å². The number of carbonyl (C=O) groups excluding carboxylic acids is 1. The molecule has 1 N–H and O–H groups in total. The van der Waals surface area contributed by atoms with Crippen molar-refractivity contribution in [1.29, 1.82) is 0 Å². The SMILES string of the molecule is CCOc1ccccc1OCC(=O)NCc1cc(Br)cs1. The van der Waals surface area contributed by atoms with Crippen LogP contribution in [0.4, 0.5) is 0 Å². The third-order valence-electron chi connectivity index (χ3n) is 2.59. The van der Waals surface area contributed by atoms with Gasteiger partial charge in [-0.15, -0.1) is 11.3 Å². The molecular weight excluding hydrogens is 354 g/mol. The summed E-state index contributed by atoms with van der Waals surface area (Å²) in [5, 5.41) is 4.80. The predicted octanol–water partition coefficient (Wildman–Crippen LogP) is 3.60. The highest BCUT2D eigenvalue weighted by atomic mass is 79.9. The average Bonchev–Trinajstić information content (AvgIpc) is 2.90. The Bertz CT molecular complexity index is 600. The van der Waals surface area contributed by atoms with Gasteiger partial charge in [-0.25, -0.2) is 0 Å². The van der Waals surface area contributed by atoms with Crippen molar-refractivity contribution in [2.75, 3.05) is 13.2 Å². The first-order valence-electron chi connectivity index (χ1n) is 6.53. The second-order valence-electron chi connectivity index (χ2n) is 4.18. The Hall–Kier alpha value is -1.53. The summed E-state index contributed by atoms with van der Waals surface area (Å²) in [7, 11) is 0. The summed E-state index contributed by atoms with van der Waals surface area (Å²) in [5.74, 6) is 1.06. The van der Waals surface area contributed by atoms with E-state index in [2.05, 4.69) is 21.2 Å². The molecule has 1 aromatic heterocycles. The number of rotatable bonds is 7. The smallest absolute Gasteiger partial charge is 0.258 e. The number of hydrogen-bond acceptors (Lipinski definition) is 4. The lowest BCUT2D eigenvalue weighted by Gasteiger charge is -2.11. The number of amides is 1. The van der Waals surface area contributed by atoms with Crippen LogP contribution >= 0.6 is 27.3 Å². The highest BCUT2D eigenvalue weighted by Gasteiger charge is 2.07. The molecule has 0 radical (unpaired) electrons. The molecule has 2 aromatic rings. The molecule has 2 rings (SSSR count). The van der Waals surface area contributed by atoms with Gasteiger partial charge in [0.25, 0.3) is 5.91 Å². The molecule has 4 nitrogen and oxygen atoms in total. The molecule has 0 unspecified atom stereocenters. The molecule has 21 heavy (non-hydrogen) atoms. The van der Waals surface area contributed by atoms with E-state index in [1.165, 1.54) is 0 Å². The monoisotopic (exact) mass is 369 g/mol. The minimum Gasteiger partial charge on any atom is -0.490 e. The summed E-state index contributed by atoms with van der Waals surface area (Å²) in [6.07, 6.45) is 0. The van der Waals surface area contributed by atoms with Crippen molar-refractivity contribution in [2.24, 2.45) is 0 Å². The zero-order valence-corrected chi connectivity index (χ0v) is 14.0. The molecule has 6 heteroatoms. The topological polar surface area (TPSA) is 47.6 Å². The average molecular weight is 370 g/mol. The number of para-hydroxylation sites is 2. The van der Waals surface area contributed by atoms with Crippen LogP contribution in [-0.4, -0.2) is 19.1 Å². The molecule has 0 atom stereocenters. The largest absolute Gasteiger partial charge is 0.490 e. The number of hydrogen-bond donors (Lipinski definition) is 1. The number of benzene rings is 1. The van der Waals surface area contributed by atoms with E-state index in [4.69, 9.17) is 9.47 Å². The fourth-order valence-electron chi connectivity index (χ4n) is 1.67. The summed E-state index contributed by atoms with van der Waals surface area (Å²) in [6.45, 7) is 2.94. The summed E-state index contributed by atoms with van der Waals surface area (Å²) in [4.78, 5) is 12.9. The maximum atomic E-state index is 11.8. The lowest BCUT2D eigenvalue weighted by Crippen LogP contribution is -2.28. The Morgan fingerprint density at radius 3 is 2.62 bits per heavy atom. The molecule has 1 heterocycles. The van der Waals surface area contributed by atoms with E-state index in [1.54, 1.807) is 17.4 Å². The molecular formula is C15H16BrNO3S. The van der Waals surface area contributed by atoms with Crippen molar-refractivity contribution < 1.29 is 14.3 Å². The zero-order valence-electron chi connectivity index (χ0n) is 11.6. The molecule has 0 aliphatic carbocycles. The van der Waals surface area contributed by atoms with Crippen molar-refractivity contribution in [3.63, 3.8) is 0 Å². The van der Waals surface area contributed by atoms with Gasteiger partial charge in [0, 0.05) is 14.7 Å². The fraction of sp³-hybridized carbons (Fsp3) is 0.267. The minimum atomic E-state index is -0.161. The second kappa shape index (κ2) is 8.05. The molecule has 0 aliphatic rings. The van der Waals surface area contributed by atoms with Crippen LogP contribution in [0.25, 0.3) is 0 Å². The van der Waals surface area contributed by atoms with Crippen molar-refractivity contribution in [3.05, 3.63) is 45.1 Å². The summed E-state index contributed by atoms with van der Waals surface area (Å²) in [5.41, 5.74) is 0. The van der Waals surface area contributed by atoms with Crippen molar-refractivity contribution in [1.82, 2.24) is 5.32 Å². The first kappa shape index (κ1) is 15.9. The van der Waals surface area contributed by atoms with E-state index in [1.807, 2.05) is 36.6 Å². The van der Waals surface area contributed by atoms with Gasteiger partial charge in [-0.05, 0) is 41.1 Å². The van der Waals surface area contributed by atoms with Gasteiger partial charge in [0.2, 0.25) is 0 Å². The number of halogens is 1. The number of thiophene rings is 1. The minimum absolute atomic E-state index is 0.0311. The lowest BCUT2D eigenvalue weighted by atomic mass is 10.3. The van der Waals surface area contributed by atoms with Crippen LogP contribution in [0.5, 0.6) is 11.5 Å².